The summed E-state index contributed by atoms with van der Waals surface area (Å²) in [5.41, 5.74) is 4.30. The number of benzene rings is 4. The molecule has 36 heavy (non-hydrogen) atoms. The van der Waals surface area contributed by atoms with Gasteiger partial charge in [-0.3, -0.25) is 0 Å². The summed E-state index contributed by atoms with van der Waals surface area (Å²) < 4.78 is 55.9. The van der Waals surface area contributed by atoms with E-state index in [9.17, 15) is 13.2 Å². The Kier molecular flexibility index (Phi) is 7.75. The van der Waals surface area contributed by atoms with Crippen LogP contribution in [0.1, 0.15) is 34.2 Å². The lowest BCUT2D eigenvalue weighted by molar-refractivity contribution is -0.274. The highest BCUT2D eigenvalue weighted by Crippen LogP contribution is 2.25. The second-order valence-corrected chi connectivity index (χ2v) is 8.44. The SMILES string of the molecule is C=CCCc1ccc(C#Cc2ccc3c(F)c(CCc4ccc(OC(F)(F)F)cc4)ccc3c2)cc1. The number of hydrogen-bond donors (Lipinski definition) is 0. The van der Waals surface area contributed by atoms with E-state index in [-0.39, 0.29) is 11.6 Å². The predicted octanol–water partition coefficient (Wildman–Crippen LogP) is 8.18. The van der Waals surface area contributed by atoms with Gasteiger partial charge in [-0.05, 0) is 84.2 Å². The van der Waals surface area contributed by atoms with Crippen molar-refractivity contribution in [2.24, 2.45) is 0 Å². The number of alkyl halides is 3. The summed E-state index contributed by atoms with van der Waals surface area (Å²) in [6.45, 7) is 3.74. The smallest absolute Gasteiger partial charge is 0.406 e. The molecule has 0 spiro atoms. The number of fused-ring (bicyclic) bond motifs is 1. The van der Waals surface area contributed by atoms with Crippen LogP contribution in [0.25, 0.3) is 10.8 Å². The van der Waals surface area contributed by atoms with Crippen molar-refractivity contribution in [2.45, 2.75) is 32.0 Å². The summed E-state index contributed by atoms with van der Waals surface area (Å²) in [5.74, 6) is 5.73. The summed E-state index contributed by atoms with van der Waals surface area (Å²) >= 11 is 0. The monoisotopic (exact) mass is 488 g/mol. The molecule has 0 amide bonds. The summed E-state index contributed by atoms with van der Waals surface area (Å²) in [4.78, 5) is 0. The fourth-order valence-electron chi connectivity index (χ4n) is 3.91. The van der Waals surface area contributed by atoms with Gasteiger partial charge in [0, 0.05) is 16.5 Å². The standard InChI is InChI=1S/C31H24F4O/c1-2-3-4-22-5-7-23(8-6-22)9-10-25-14-20-29-27(21-25)17-16-26(30(29)32)15-11-24-12-18-28(19-13-24)36-31(33,34)35/h2,5-8,12-14,16-21H,1,3-4,11,15H2. The van der Waals surface area contributed by atoms with Gasteiger partial charge in [-0.2, -0.15) is 0 Å². The van der Waals surface area contributed by atoms with Gasteiger partial charge in [0.2, 0.25) is 0 Å². The largest absolute Gasteiger partial charge is 0.573 e. The number of halogens is 4. The minimum Gasteiger partial charge on any atom is -0.406 e. The van der Waals surface area contributed by atoms with Crippen molar-refractivity contribution >= 4 is 10.8 Å². The molecule has 0 aromatic heterocycles. The third kappa shape index (κ3) is 6.76. The Morgan fingerprint density at radius 2 is 1.39 bits per heavy atom. The van der Waals surface area contributed by atoms with Gasteiger partial charge < -0.3 is 4.74 Å². The molecule has 4 rings (SSSR count). The van der Waals surface area contributed by atoms with Gasteiger partial charge >= 0.3 is 6.36 Å². The minimum absolute atomic E-state index is 0.275. The predicted molar refractivity (Wildman–Crippen MR) is 135 cm³/mol. The van der Waals surface area contributed by atoms with Crippen LogP contribution in [0.4, 0.5) is 17.6 Å². The molecule has 0 aliphatic carbocycles. The molecule has 0 aliphatic rings. The fraction of sp³-hybridized carbons (Fsp3) is 0.161. The maximum Gasteiger partial charge on any atom is 0.573 e. The average Bonchev–Trinajstić information content (AvgIpc) is 2.86. The molecule has 0 unspecified atom stereocenters. The van der Waals surface area contributed by atoms with Crippen LogP contribution in [-0.4, -0.2) is 6.36 Å². The van der Waals surface area contributed by atoms with E-state index < -0.39 is 6.36 Å². The first-order valence-corrected chi connectivity index (χ1v) is 11.6. The van der Waals surface area contributed by atoms with Crippen LogP contribution >= 0.6 is 0 Å². The van der Waals surface area contributed by atoms with Crippen LogP contribution in [0.15, 0.2) is 91.5 Å². The summed E-state index contributed by atoms with van der Waals surface area (Å²) in [6, 6.07) is 22.8. The molecule has 0 bridgehead atoms. The molecule has 0 atom stereocenters. The van der Waals surface area contributed by atoms with E-state index in [1.165, 1.54) is 17.7 Å². The number of rotatable bonds is 7. The van der Waals surface area contributed by atoms with Crippen LogP contribution in [0.5, 0.6) is 5.75 Å². The van der Waals surface area contributed by atoms with Gasteiger partial charge in [0.15, 0.2) is 0 Å². The van der Waals surface area contributed by atoms with Crippen LogP contribution in [0.2, 0.25) is 0 Å². The fourth-order valence-corrected chi connectivity index (χ4v) is 3.91. The molecule has 182 valence electrons. The van der Waals surface area contributed by atoms with Crippen LogP contribution in [-0.2, 0) is 19.3 Å². The van der Waals surface area contributed by atoms with Crippen molar-refractivity contribution in [3.63, 3.8) is 0 Å². The number of ether oxygens (including phenoxy) is 1. The number of hydrogen-bond acceptors (Lipinski definition) is 1. The molecule has 0 saturated heterocycles. The minimum atomic E-state index is -4.72. The van der Waals surface area contributed by atoms with E-state index in [0.717, 1.165) is 34.9 Å². The molecule has 0 saturated carbocycles. The molecule has 0 heterocycles. The van der Waals surface area contributed by atoms with Crippen LogP contribution in [0, 0.1) is 17.7 Å². The third-order valence-corrected chi connectivity index (χ3v) is 5.82. The summed E-state index contributed by atoms with van der Waals surface area (Å²) in [5, 5.41) is 1.27. The molecule has 4 aromatic rings. The summed E-state index contributed by atoms with van der Waals surface area (Å²) in [6.07, 6.45) is -0.0146. The van der Waals surface area contributed by atoms with Gasteiger partial charge in [-0.1, -0.05) is 60.4 Å². The molecule has 5 heteroatoms. The van der Waals surface area contributed by atoms with Gasteiger partial charge in [0.1, 0.15) is 11.6 Å². The highest BCUT2D eigenvalue weighted by molar-refractivity contribution is 5.85. The van der Waals surface area contributed by atoms with E-state index in [1.54, 1.807) is 30.3 Å². The summed E-state index contributed by atoms with van der Waals surface area (Å²) in [7, 11) is 0. The highest BCUT2D eigenvalue weighted by Gasteiger charge is 2.30. The Labute approximate surface area is 208 Å². The zero-order valence-electron chi connectivity index (χ0n) is 19.5. The normalized spacial score (nSPS) is 11.1. The van der Waals surface area contributed by atoms with Crippen molar-refractivity contribution < 1.29 is 22.3 Å². The molecule has 4 aromatic carbocycles. The second-order valence-electron chi connectivity index (χ2n) is 8.44. The first kappa shape index (κ1) is 25.1. The van der Waals surface area contributed by atoms with Crippen LogP contribution < -0.4 is 4.74 Å². The van der Waals surface area contributed by atoms with E-state index in [0.29, 0.717) is 23.8 Å². The maximum absolute atomic E-state index is 15.1. The Morgan fingerprint density at radius 1 is 0.750 bits per heavy atom. The van der Waals surface area contributed by atoms with Crippen molar-refractivity contribution in [1.29, 1.82) is 0 Å². The molecule has 0 aliphatic heterocycles. The van der Waals surface area contributed by atoms with Crippen molar-refractivity contribution in [3.05, 3.63) is 125 Å². The van der Waals surface area contributed by atoms with Gasteiger partial charge in [-0.15, -0.1) is 19.8 Å². The number of allylic oxidation sites excluding steroid dienone is 1. The number of aryl methyl sites for hydroxylation is 3. The van der Waals surface area contributed by atoms with E-state index >= 15 is 4.39 Å². The zero-order valence-corrected chi connectivity index (χ0v) is 19.5. The van der Waals surface area contributed by atoms with Gasteiger partial charge in [-0.25, -0.2) is 4.39 Å². The first-order valence-electron chi connectivity index (χ1n) is 11.6. The van der Waals surface area contributed by atoms with Gasteiger partial charge in [0.25, 0.3) is 0 Å². The third-order valence-electron chi connectivity index (χ3n) is 5.82. The lowest BCUT2D eigenvalue weighted by atomic mass is 9.99. The molecule has 1 nitrogen and oxygen atoms in total. The molecule has 0 N–H and O–H groups in total. The Bertz CT molecular complexity index is 1410. The molecule has 0 radical (unpaired) electrons. The molecular formula is C31H24F4O. The van der Waals surface area contributed by atoms with E-state index in [2.05, 4.69) is 35.3 Å². The maximum atomic E-state index is 15.1. The zero-order chi connectivity index (χ0) is 25.5. The lowest BCUT2D eigenvalue weighted by Crippen LogP contribution is -2.17. The lowest BCUT2D eigenvalue weighted by Gasteiger charge is -2.10. The molecule has 0 fully saturated rings. The van der Waals surface area contributed by atoms with Crippen molar-refractivity contribution in [3.8, 4) is 17.6 Å². The topological polar surface area (TPSA) is 9.23 Å². The highest BCUT2D eigenvalue weighted by atomic mass is 19.4. The van der Waals surface area contributed by atoms with Gasteiger partial charge in [0.05, 0.1) is 0 Å². The van der Waals surface area contributed by atoms with Crippen LogP contribution in [0.3, 0.4) is 0 Å². The molecular weight excluding hydrogens is 464 g/mol. The Balaban J connectivity index is 1.43. The quantitative estimate of drug-likeness (QED) is 0.145. The second kappa shape index (κ2) is 11.1. The van der Waals surface area contributed by atoms with Crippen molar-refractivity contribution in [1.82, 2.24) is 0 Å². The van der Waals surface area contributed by atoms with Crippen molar-refractivity contribution in [2.75, 3.05) is 0 Å². The Hall–Kier alpha value is -4.04. The van der Waals surface area contributed by atoms with E-state index in [1.807, 2.05) is 30.3 Å². The van der Waals surface area contributed by atoms with E-state index in [4.69, 9.17) is 0 Å². The first-order chi connectivity index (χ1) is 17.3. The average molecular weight is 489 g/mol. The Morgan fingerprint density at radius 3 is 2.08 bits per heavy atom.